The predicted octanol–water partition coefficient (Wildman–Crippen LogP) is 4.21. The largest absolute Gasteiger partial charge is 0.494 e. The molecule has 7 heteroatoms. The minimum Gasteiger partial charge on any atom is -0.494 e. The number of fused-ring (bicyclic) bond motifs is 1. The quantitative estimate of drug-likeness (QED) is 0.471. The third-order valence-corrected chi connectivity index (χ3v) is 7.97. The van der Waals surface area contributed by atoms with Crippen molar-refractivity contribution in [1.82, 2.24) is 0 Å². The Morgan fingerprint density at radius 3 is 1.97 bits per heavy atom. The van der Waals surface area contributed by atoms with E-state index in [0.717, 1.165) is 36.4 Å². The maximum Gasteiger partial charge on any atom is 0.181 e. The Kier molecular flexibility index (Phi) is 6.02. The Morgan fingerprint density at radius 2 is 1.47 bits per heavy atom. The fraction of sp³-hybridized carbons (Fsp3) is 0.435. The molecule has 160 valence electrons. The fourth-order valence-corrected chi connectivity index (χ4v) is 6.64. The standard InChI is InChI=1S/C23H28N2O3S2/c1-3-5-14-28-20-12-10-19(11-13-20)25-22-16-30(26,27)15-21(22)24(23(25)29)18-8-6-17(4-2)7-9-18/h6-13,21-22H,3-5,14-16H2,1-2H3. The average molecular weight is 445 g/mol. The molecule has 2 unspecified atom stereocenters. The molecule has 2 aromatic rings. The van der Waals surface area contributed by atoms with Crippen LogP contribution in [0.1, 0.15) is 32.3 Å². The second-order valence-electron chi connectivity index (χ2n) is 7.95. The number of sulfone groups is 1. The van der Waals surface area contributed by atoms with Crippen molar-refractivity contribution in [2.45, 2.75) is 45.2 Å². The fourth-order valence-electron chi connectivity index (χ4n) is 4.24. The second kappa shape index (κ2) is 8.55. The van der Waals surface area contributed by atoms with Crippen LogP contribution in [-0.4, -0.2) is 43.7 Å². The van der Waals surface area contributed by atoms with Gasteiger partial charge in [0.1, 0.15) is 5.75 Å². The Morgan fingerprint density at radius 1 is 0.933 bits per heavy atom. The number of nitrogens with zero attached hydrogens (tertiary/aromatic N) is 2. The molecule has 2 saturated heterocycles. The molecule has 4 rings (SSSR count). The first-order chi connectivity index (χ1) is 14.4. The minimum absolute atomic E-state index is 0.121. The molecule has 2 heterocycles. The summed E-state index contributed by atoms with van der Waals surface area (Å²) >= 11 is 5.86. The summed E-state index contributed by atoms with van der Waals surface area (Å²) in [7, 11) is -3.11. The molecule has 2 aromatic carbocycles. The van der Waals surface area contributed by atoms with Gasteiger partial charge < -0.3 is 14.5 Å². The van der Waals surface area contributed by atoms with Gasteiger partial charge in [-0.2, -0.15) is 0 Å². The molecular formula is C23H28N2O3S2. The Bertz CT molecular complexity index is 1000. The zero-order chi connectivity index (χ0) is 21.3. The Hall–Kier alpha value is -2.12. The topological polar surface area (TPSA) is 49.9 Å². The van der Waals surface area contributed by atoms with Gasteiger partial charge in [-0.25, -0.2) is 8.42 Å². The van der Waals surface area contributed by atoms with E-state index in [4.69, 9.17) is 17.0 Å². The lowest BCUT2D eigenvalue weighted by molar-refractivity contribution is 0.309. The van der Waals surface area contributed by atoms with Crippen LogP contribution in [0.3, 0.4) is 0 Å². The van der Waals surface area contributed by atoms with Crippen LogP contribution in [0.2, 0.25) is 0 Å². The van der Waals surface area contributed by atoms with Crippen molar-refractivity contribution in [1.29, 1.82) is 0 Å². The smallest absolute Gasteiger partial charge is 0.181 e. The van der Waals surface area contributed by atoms with E-state index in [-0.39, 0.29) is 23.6 Å². The highest BCUT2D eigenvalue weighted by atomic mass is 32.2. The van der Waals surface area contributed by atoms with E-state index in [1.54, 1.807) is 0 Å². The summed E-state index contributed by atoms with van der Waals surface area (Å²) in [6.45, 7) is 4.95. The molecule has 30 heavy (non-hydrogen) atoms. The number of hydrogen-bond donors (Lipinski definition) is 0. The first-order valence-electron chi connectivity index (χ1n) is 10.6. The van der Waals surface area contributed by atoms with Gasteiger partial charge >= 0.3 is 0 Å². The van der Waals surface area contributed by atoms with Crippen molar-refractivity contribution >= 4 is 38.5 Å². The lowest BCUT2D eigenvalue weighted by atomic mass is 10.1. The first-order valence-corrected chi connectivity index (χ1v) is 12.8. The van der Waals surface area contributed by atoms with Crippen LogP contribution in [0.15, 0.2) is 48.5 Å². The van der Waals surface area contributed by atoms with Gasteiger partial charge in [0.15, 0.2) is 14.9 Å². The van der Waals surface area contributed by atoms with E-state index >= 15 is 0 Å². The molecule has 0 radical (unpaired) electrons. The number of hydrogen-bond acceptors (Lipinski definition) is 4. The Labute approximate surface area is 184 Å². The molecule has 2 atom stereocenters. The molecule has 0 N–H and O–H groups in total. The summed E-state index contributed by atoms with van der Waals surface area (Å²) in [6, 6.07) is 15.7. The van der Waals surface area contributed by atoms with Gasteiger partial charge in [-0.05, 0) is 67.0 Å². The summed E-state index contributed by atoms with van der Waals surface area (Å²) in [5.41, 5.74) is 3.10. The van der Waals surface area contributed by atoms with Crippen molar-refractivity contribution in [2.24, 2.45) is 0 Å². The van der Waals surface area contributed by atoms with Crippen LogP contribution in [0.25, 0.3) is 0 Å². The van der Waals surface area contributed by atoms with Gasteiger partial charge in [0.05, 0.1) is 30.2 Å². The molecule has 0 aliphatic carbocycles. The second-order valence-corrected chi connectivity index (χ2v) is 10.5. The summed E-state index contributed by atoms with van der Waals surface area (Å²) < 4.78 is 30.7. The number of benzene rings is 2. The normalized spacial score (nSPS) is 22.4. The highest BCUT2D eigenvalue weighted by molar-refractivity contribution is 7.91. The zero-order valence-electron chi connectivity index (χ0n) is 17.5. The molecule has 2 aliphatic rings. The van der Waals surface area contributed by atoms with Crippen molar-refractivity contribution in [3.63, 3.8) is 0 Å². The summed E-state index contributed by atoms with van der Waals surface area (Å²) in [5.74, 6) is 1.07. The van der Waals surface area contributed by atoms with Crippen molar-refractivity contribution in [2.75, 3.05) is 27.9 Å². The maximum absolute atomic E-state index is 12.5. The summed E-state index contributed by atoms with van der Waals surface area (Å²) in [5, 5.41) is 0.656. The van der Waals surface area contributed by atoms with Gasteiger partial charge in [-0.15, -0.1) is 0 Å². The van der Waals surface area contributed by atoms with E-state index in [1.165, 1.54) is 5.56 Å². The molecule has 0 spiro atoms. The van der Waals surface area contributed by atoms with Crippen LogP contribution in [-0.2, 0) is 16.3 Å². The average Bonchev–Trinajstić information content (AvgIpc) is 3.17. The van der Waals surface area contributed by atoms with Gasteiger partial charge in [0.2, 0.25) is 0 Å². The van der Waals surface area contributed by atoms with Crippen molar-refractivity contribution in [3.05, 3.63) is 54.1 Å². The Balaban J connectivity index is 1.63. The SMILES string of the molecule is CCCCOc1ccc(N2C(=S)N(c3ccc(CC)cc3)C3CS(=O)(=O)CC32)cc1. The van der Waals surface area contributed by atoms with E-state index in [2.05, 4.69) is 26.0 Å². The van der Waals surface area contributed by atoms with E-state index in [9.17, 15) is 8.42 Å². The number of thiocarbonyl (C=S) groups is 1. The summed E-state index contributed by atoms with van der Waals surface area (Å²) in [6.07, 6.45) is 3.07. The van der Waals surface area contributed by atoms with Crippen LogP contribution in [0.4, 0.5) is 11.4 Å². The van der Waals surface area contributed by atoms with Crippen LogP contribution < -0.4 is 14.5 Å². The van der Waals surface area contributed by atoms with Crippen LogP contribution >= 0.6 is 12.2 Å². The van der Waals surface area contributed by atoms with Crippen LogP contribution in [0, 0.1) is 0 Å². The molecule has 0 saturated carbocycles. The van der Waals surface area contributed by atoms with Crippen molar-refractivity contribution in [3.8, 4) is 5.75 Å². The minimum atomic E-state index is -3.11. The van der Waals surface area contributed by atoms with Gasteiger partial charge in [-0.3, -0.25) is 0 Å². The maximum atomic E-state index is 12.5. The van der Waals surface area contributed by atoms with E-state index in [1.807, 2.05) is 46.2 Å². The molecule has 5 nitrogen and oxygen atoms in total. The highest BCUT2D eigenvalue weighted by Crippen LogP contribution is 2.38. The molecule has 2 aliphatic heterocycles. The van der Waals surface area contributed by atoms with Gasteiger partial charge in [0.25, 0.3) is 0 Å². The lowest BCUT2D eigenvalue weighted by Gasteiger charge is -2.26. The van der Waals surface area contributed by atoms with Gasteiger partial charge in [0, 0.05) is 11.4 Å². The number of unbranched alkanes of at least 4 members (excludes halogenated alkanes) is 1. The molecule has 0 aromatic heterocycles. The van der Waals surface area contributed by atoms with E-state index < -0.39 is 9.84 Å². The molecular weight excluding hydrogens is 416 g/mol. The number of ether oxygens (including phenoxy) is 1. The number of aryl methyl sites for hydroxylation is 1. The van der Waals surface area contributed by atoms with Gasteiger partial charge in [-0.1, -0.05) is 32.4 Å². The molecule has 0 amide bonds. The molecule has 0 bridgehead atoms. The highest BCUT2D eigenvalue weighted by Gasteiger charge is 2.52. The lowest BCUT2D eigenvalue weighted by Crippen LogP contribution is -2.37. The first kappa shape index (κ1) is 21.1. The third kappa shape index (κ3) is 4.05. The third-order valence-electron chi connectivity index (χ3n) is 5.87. The number of rotatable bonds is 7. The van der Waals surface area contributed by atoms with E-state index in [0.29, 0.717) is 11.7 Å². The monoisotopic (exact) mass is 444 g/mol. The van der Waals surface area contributed by atoms with Crippen LogP contribution in [0.5, 0.6) is 5.75 Å². The number of anilines is 2. The molecule has 2 fully saturated rings. The summed E-state index contributed by atoms with van der Waals surface area (Å²) in [4.78, 5) is 4.03. The predicted molar refractivity (Wildman–Crippen MR) is 126 cm³/mol. The van der Waals surface area contributed by atoms with Crippen molar-refractivity contribution < 1.29 is 13.2 Å². The zero-order valence-corrected chi connectivity index (χ0v) is 19.1.